The maximum absolute atomic E-state index is 12.5. The first-order valence-corrected chi connectivity index (χ1v) is 10.7. The summed E-state index contributed by atoms with van der Waals surface area (Å²) >= 11 is 7.91. The van der Waals surface area contributed by atoms with Crippen molar-refractivity contribution in [2.45, 2.75) is 20.3 Å². The molecule has 0 unspecified atom stereocenters. The minimum atomic E-state index is -0.152. The van der Waals surface area contributed by atoms with E-state index in [4.69, 9.17) is 17.0 Å². The smallest absolute Gasteiger partial charge is 0.266 e. The molecule has 1 saturated heterocycles. The molecule has 1 aromatic carbocycles. The van der Waals surface area contributed by atoms with Gasteiger partial charge in [0.05, 0.1) is 23.4 Å². The van der Waals surface area contributed by atoms with Crippen LogP contribution in [0.5, 0.6) is 5.75 Å². The van der Waals surface area contributed by atoms with Crippen molar-refractivity contribution in [3.05, 3.63) is 40.2 Å². The molecule has 2 heterocycles. The van der Waals surface area contributed by atoms with Gasteiger partial charge in [0.25, 0.3) is 5.91 Å². The normalized spacial score (nSPS) is 15.4. The minimum Gasteiger partial charge on any atom is -0.497 e. The highest BCUT2D eigenvalue weighted by atomic mass is 32.2. The number of aromatic nitrogens is 1. The Labute approximate surface area is 177 Å². The molecule has 1 aliphatic rings. The maximum atomic E-state index is 12.5. The Kier molecular flexibility index (Phi) is 6.48. The lowest BCUT2D eigenvalue weighted by Crippen LogP contribution is -2.28. The molecule has 1 fully saturated rings. The number of ether oxygens (including phenoxy) is 1. The van der Waals surface area contributed by atoms with Crippen molar-refractivity contribution < 1.29 is 14.3 Å². The van der Waals surface area contributed by atoms with E-state index in [1.54, 1.807) is 42.4 Å². The van der Waals surface area contributed by atoms with E-state index in [1.807, 2.05) is 12.3 Å². The summed E-state index contributed by atoms with van der Waals surface area (Å²) in [4.78, 5) is 32.9. The first-order chi connectivity index (χ1) is 13.4. The third kappa shape index (κ3) is 4.26. The van der Waals surface area contributed by atoms with E-state index in [0.29, 0.717) is 38.0 Å². The Balaban J connectivity index is 1.86. The van der Waals surface area contributed by atoms with Gasteiger partial charge in [0.1, 0.15) is 10.1 Å². The Bertz CT molecular complexity index is 937. The fourth-order valence-corrected chi connectivity index (χ4v) is 4.79. The molecule has 2 aromatic rings. The highest BCUT2D eigenvalue weighted by molar-refractivity contribution is 8.26. The quantitative estimate of drug-likeness (QED) is 0.496. The SMILES string of the molecule is CCCN1C(=O)/C(=C/c2csc(N(C(C)=O)c3ccc(OC)cc3)n2)SC1=S. The second-order valence-corrected chi connectivity index (χ2v) is 8.45. The maximum Gasteiger partial charge on any atom is 0.266 e. The molecule has 3 rings (SSSR count). The van der Waals surface area contributed by atoms with Crippen LogP contribution in [0, 0.1) is 0 Å². The standard InChI is InChI=1S/C19H19N3O3S3/c1-4-9-21-17(24)16(28-19(21)26)10-13-11-27-18(20-13)22(12(2)23)14-5-7-15(25-3)8-6-14/h5-8,10-11H,4,9H2,1-3H3/b16-10-. The summed E-state index contributed by atoms with van der Waals surface area (Å²) in [5.41, 5.74) is 1.32. The van der Waals surface area contributed by atoms with Gasteiger partial charge in [-0.05, 0) is 36.8 Å². The summed E-state index contributed by atoms with van der Waals surface area (Å²) in [6.07, 6.45) is 2.57. The minimum absolute atomic E-state index is 0.0926. The van der Waals surface area contributed by atoms with E-state index in [1.165, 1.54) is 34.9 Å². The lowest BCUT2D eigenvalue weighted by Gasteiger charge is -2.18. The zero-order chi connectivity index (χ0) is 20.3. The van der Waals surface area contributed by atoms with Crippen LogP contribution in [0.25, 0.3) is 6.08 Å². The second-order valence-electron chi connectivity index (χ2n) is 5.94. The number of thiocarbonyl (C=S) groups is 1. The summed E-state index contributed by atoms with van der Waals surface area (Å²) in [7, 11) is 1.59. The van der Waals surface area contributed by atoms with E-state index in [0.717, 1.165) is 6.42 Å². The van der Waals surface area contributed by atoms with Gasteiger partial charge in [-0.2, -0.15) is 0 Å². The molecule has 1 aliphatic heterocycles. The van der Waals surface area contributed by atoms with Crippen molar-refractivity contribution in [1.29, 1.82) is 0 Å². The van der Waals surface area contributed by atoms with E-state index < -0.39 is 0 Å². The van der Waals surface area contributed by atoms with Crippen molar-refractivity contribution in [1.82, 2.24) is 9.88 Å². The Morgan fingerprint density at radius 1 is 1.36 bits per heavy atom. The van der Waals surface area contributed by atoms with Crippen LogP contribution in [-0.2, 0) is 9.59 Å². The molecule has 9 heteroatoms. The predicted molar refractivity (Wildman–Crippen MR) is 118 cm³/mol. The predicted octanol–water partition coefficient (Wildman–Crippen LogP) is 4.45. The van der Waals surface area contributed by atoms with E-state index in [-0.39, 0.29) is 11.8 Å². The number of benzene rings is 1. The molecule has 6 nitrogen and oxygen atoms in total. The van der Waals surface area contributed by atoms with Crippen LogP contribution in [0.2, 0.25) is 0 Å². The monoisotopic (exact) mass is 433 g/mol. The molecule has 2 amide bonds. The largest absolute Gasteiger partial charge is 0.497 e. The summed E-state index contributed by atoms with van der Waals surface area (Å²) in [5, 5.41) is 2.36. The molecular weight excluding hydrogens is 414 g/mol. The van der Waals surface area contributed by atoms with Gasteiger partial charge < -0.3 is 4.74 Å². The number of carbonyl (C=O) groups is 2. The molecule has 146 valence electrons. The van der Waals surface area contributed by atoms with Crippen molar-refractivity contribution in [3.8, 4) is 5.75 Å². The van der Waals surface area contributed by atoms with Gasteiger partial charge in [-0.25, -0.2) is 4.98 Å². The first-order valence-electron chi connectivity index (χ1n) is 8.60. The molecule has 28 heavy (non-hydrogen) atoms. The lowest BCUT2D eigenvalue weighted by atomic mass is 10.3. The highest BCUT2D eigenvalue weighted by Crippen LogP contribution is 2.35. The van der Waals surface area contributed by atoms with Crippen molar-refractivity contribution in [2.75, 3.05) is 18.6 Å². The van der Waals surface area contributed by atoms with Crippen LogP contribution in [0.3, 0.4) is 0 Å². The van der Waals surface area contributed by atoms with Crippen LogP contribution in [0.15, 0.2) is 34.6 Å². The van der Waals surface area contributed by atoms with Gasteiger partial charge in [-0.15, -0.1) is 11.3 Å². The van der Waals surface area contributed by atoms with Gasteiger partial charge in [0.2, 0.25) is 5.91 Å². The molecule has 0 aliphatic carbocycles. The van der Waals surface area contributed by atoms with Gasteiger partial charge in [-0.1, -0.05) is 30.9 Å². The average Bonchev–Trinajstić information content (AvgIpc) is 3.22. The number of anilines is 2. The summed E-state index contributed by atoms with van der Waals surface area (Å²) in [5.74, 6) is 0.464. The topological polar surface area (TPSA) is 62.7 Å². The summed E-state index contributed by atoms with van der Waals surface area (Å²) < 4.78 is 5.73. The number of rotatable bonds is 6. The van der Waals surface area contributed by atoms with Gasteiger partial charge >= 0.3 is 0 Å². The molecule has 0 radical (unpaired) electrons. The van der Waals surface area contributed by atoms with Crippen LogP contribution < -0.4 is 9.64 Å². The fraction of sp³-hybridized carbons (Fsp3) is 0.263. The number of thiazole rings is 1. The first kappa shape index (κ1) is 20.5. The fourth-order valence-electron chi connectivity index (χ4n) is 2.65. The summed E-state index contributed by atoms with van der Waals surface area (Å²) in [6.45, 7) is 4.10. The van der Waals surface area contributed by atoms with Gasteiger partial charge in [0, 0.05) is 18.8 Å². The average molecular weight is 434 g/mol. The second kappa shape index (κ2) is 8.85. The Hall–Kier alpha value is -2.23. The molecule has 1 aromatic heterocycles. The van der Waals surface area contributed by atoms with Crippen LogP contribution in [0.1, 0.15) is 26.0 Å². The Morgan fingerprint density at radius 3 is 2.68 bits per heavy atom. The van der Waals surface area contributed by atoms with Crippen molar-refractivity contribution >= 4 is 68.3 Å². The van der Waals surface area contributed by atoms with E-state index in [9.17, 15) is 9.59 Å². The number of amides is 2. The zero-order valence-corrected chi connectivity index (χ0v) is 18.1. The molecule has 0 atom stereocenters. The molecule has 0 spiro atoms. The number of nitrogens with zero attached hydrogens (tertiary/aromatic N) is 3. The third-order valence-electron chi connectivity index (χ3n) is 3.95. The van der Waals surface area contributed by atoms with Crippen molar-refractivity contribution in [2.24, 2.45) is 0 Å². The van der Waals surface area contributed by atoms with Crippen LogP contribution >= 0.6 is 35.3 Å². The van der Waals surface area contributed by atoms with Crippen LogP contribution in [-0.4, -0.2) is 39.7 Å². The number of thioether (sulfide) groups is 1. The molecule has 0 bridgehead atoms. The van der Waals surface area contributed by atoms with Gasteiger partial charge in [0.15, 0.2) is 5.13 Å². The molecule has 0 saturated carbocycles. The van der Waals surface area contributed by atoms with Crippen molar-refractivity contribution in [3.63, 3.8) is 0 Å². The number of carbonyl (C=O) groups excluding carboxylic acids is 2. The molecule has 0 N–H and O–H groups in total. The van der Waals surface area contributed by atoms with Crippen LogP contribution in [0.4, 0.5) is 10.8 Å². The number of hydrogen-bond acceptors (Lipinski definition) is 7. The third-order valence-corrected chi connectivity index (χ3v) is 6.17. The highest BCUT2D eigenvalue weighted by Gasteiger charge is 2.31. The Morgan fingerprint density at radius 2 is 2.07 bits per heavy atom. The van der Waals surface area contributed by atoms with E-state index in [2.05, 4.69) is 4.98 Å². The van der Waals surface area contributed by atoms with Gasteiger partial charge in [-0.3, -0.25) is 19.4 Å². The number of methoxy groups -OCH3 is 1. The van der Waals surface area contributed by atoms with E-state index >= 15 is 0 Å². The molecular formula is C19H19N3O3S3. The summed E-state index contributed by atoms with van der Waals surface area (Å²) in [6, 6.07) is 7.19. The lowest BCUT2D eigenvalue weighted by molar-refractivity contribution is -0.122. The zero-order valence-electron chi connectivity index (χ0n) is 15.7. The number of hydrogen-bond donors (Lipinski definition) is 0.